The van der Waals surface area contributed by atoms with Crippen molar-refractivity contribution < 1.29 is 24.6 Å². The molecule has 0 spiro atoms. The molecule has 2 saturated heterocycles. The Labute approximate surface area is 329 Å². The lowest BCUT2D eigenvalue weighted by molar-refractivity contribution is -0.139. The molecule has 2 N–H and O–H groups in total. The Hall–Kier alpha value is -5.13. The van der Waals surface area contributed by atoms with Gasteiger partial charge in [0.1, 0.15) is 0 Å². The maximum absolute atomic E-state index is 14.5. The zero-order chi connectivity index (χ0) is 39.1. The van der Waals surface area contributed by atoms with Gasteiger partial charge in [-0.3, -0.25) is 19.1 Å². The number of allylic oxidation sites excluding steroid dienone is 1. The highest BCUT2D eigenvalue weighted by Crippen LogP contribution is 2.47. The largest absolute Gasteiger partial charge is 0.395 e. The lowest BCUT2D eigenvalue weighted by Gasteiger charge is -2.29. The van der Waals surface area contributed by atoms with Crippen LogP contribution in [-0.4, -0.2) is 62.6 Å². The third-order valence-electron chi connectivity index (χ3n) is 11.7. The quantitative estimate of drug-likeness (QED) is 0.149. The summed E-state index contributed by atoms with van der Waals surface area (Å²) < 4.78 is 1.74. The molecule has 4 heterocycles. The lowest BCUT2D eigenvalue weighted by atomic mass is 9.82. The van der Waals surface area contributed by atoms with Gasteiger partial charge in [-0.1, -0.05) is 92.4 Å². The molecule has 0 radical (unpaired) electrons. The average molecular weight is 759 g/mol. The average Bonchev–Trinajstić information content (AvgIpc) is 3.75. The minimum Gasteiger partial charge on any atom is -0.395 e. The third kappa shape index (κ3) is 8.34. The zero-order valence-corrected chi connectivity index (χ0v) is 32.4. The van der Waals surface area contributed by atoms with Gasteiger partial charge in [-0.05, 0) is 73.6 Å². The molecule has 11 heteroatoms. The van der Waals surface area contributed by atoms with E-state index in [0.29, 0.717) is 61.5 Å². The number of nitrogens with zero attached hydrogens (tertiary/aromatic N) is 6. The SMILES string of the molecule is C[C@@H](/C=C/CCn1cc(C(CO)c2ccccc2)nn1)[C@]1(O)C(=O)N(Cc2ccc(N3CCCCCCC3=O)cc2)c2ccc(N3CCCCCCC3=O)cc21. The van der Waals surface area contributed by atoms with Crippen molar-refractivity contribution in [2.24, 2.45) is 5.92 Å². The van der Waals surface area contributed by atoms with Crippen molar-refractivity contribution in [3.8, 4) is 0 Å². The van der Waals surface area contributed by atoms with E-state index in [4.69, 9.17) is 0 Å². The van der Waals surface area contributed by atoms with Gasteiger partial charge in [-0.25, -0.2) is 0 Å². The minimum atomic E-state index is -1.87. The van der Waals surface area contributed by atoms with Crippen LogP contribution in [0, 0.1) is 5.92 Å². The van der Waals surface area contributed by atoms with Crippen LogP contribution in [0.4, 0.5) is 17.1 Å². The number of anilines is 3. The highest BCUT2D eigenvalue weighted by atomic mass is 16.3. The number of hydrogen-bond acceptors (Lipinski definition) is 7. The molecule has 3 amide bonds. The molecular weight excluding hydrogens is 705 g/mol. The van der Waals surface area contributed by atoms with E-state index in [2.05, 4.69) is 10.3 Å². The molecular formula is C45H54N6O5. The Morgan fingerprint density at radius 3 is 2.12 bits per heavy atom. The molecule has 4 aromatic rings. The van der Waals surface area contributed by atoms with Gasteiger partial charge in [0.05, 0.1) is 30.5 Å². The molecule has 3 aliphatic rings. The molecule has 294 valence electrons. The Kier molecular flexibility index (Phi) is 12.4. The van der Waals surface area contributed by atoms with Gasteiger partial charge in [0.2, 0.25) is 11.8 Å². The van der Waals surface area contributed by atoms with Gasteiger partial charge >= 0.3 is 0 Å². The normalized spacial score (nSPS) is 20.8. The van der Waals surface area contributed by atoms with Crippen molar-refractivity contribution in [1.82, 2.24) is 15.0 Å². The van der Waals surface area contributed by atoms with Crippen LogP contribution in [0.2, 0.25) is 0 Å². The number of carbonyl (C=O) groups is 3. The molecule has 7 rings (SSSR count). The van der Waals surface area contributed by atoms with Crippen LogP contribution >= 0.6 is 0 Å². The van der Waals surface area contributed by atoms with Crippen LogP contribution in [0.1, 0.15) is 106 Å². The van der Waals surface area contributed by atoms with Gasteiger partial charge in [-0.2, -0.15) is 0 Å². The highest BCUT2D eigenvalue weighted by Gasteiger charge is 2.52. The number of fused-ring (bicyclic) bond motifs is 1. The second-order valence-electron chi connectivity index (χ2n) is 15.5. The van der Waals surface area contributed by atoms with E-state index in [1.165, 1.54) is 0 Å². The summed E-state index contributed by atoms with van der Waals surface area (Å²) in [6, 6.07) is 23.2. The molecule has 0 aliphatic carbocycles. The molecule has 2 fully saturated rings. The van der Waals surface area contributed by atoms with E-state index in [0.717, 1.165) is 68.2 Å². The van der Waals surface area contributed by atoms with Crippen LogP contribution < -0.4 is 14.7 Å². The summed E-state index contributed by atoms with van der Waals surface area (Å²) in [7, 11) is 0. The second-order valence-corrected chi connectivity index (χ2v) is 15.5. The van der Waals surface area contributed by atoms with Gasteiger partial charge < -0.3 is 24.9 Å². The number of rotatable bonds is 12. The van der Waals surface area contributed by atoms with Crippen LogP contribution in [-0.2, 0) is 33.1 Å². The Morgan fingerprint density at radius 2 is 1.45 bits per heavy atom. The van der Waals surface area contributed by atoms with Crippen molar-refractivity contribution in [2.45, 2.75) is 102 Å². The number of benzene rings is 3. The molecule has 11 nitrogen and oxygen atoms in total. The van der Waals surface area contributed by atoms with Gasteiger partial charge in [-0.15, -0.1) is 5.10 Å². The molecule has 3 atom stereocenters. The Balaban J connectivity index is 1.11. The van der Waals surface area contributed by atoms with E-state index < -0.39 is 17.4 Å². The first-order chi connectivity index (χ1) is 27.3. The molecule has 1 aromatic heterocycles. The Morgan fingerprint density at radius 1 is 0.804 bits per heavy atom. The summed E-state index contributed by atoms with van der Waals surface area (Å²) in [6.45, 7) is 3.85. The predicted molar refractivity (Wildman–Crippen MR) is 217 cm³/mol. The first kappa shape index (κ1) is 39.1. The monoisotopic (exact) mass is 758 g/mol. The number of aryl methyl sites for hydroxylation is 1. The molecule has 0 saturated carbocycles. The molecule has 1 unspecified atom stereocenters. The van der Waals surface area contributed by atoms with Crippen molar-refractivity contribution in [1.29, 1.82) is 0 Å². The second kappa shape index (κ2) is 17.8. The standard InChI is InChI=1S/C45H54N6O5/c1-33(15-11-14-26-48-31-40(46-47-48)38(32-52)35-16-7-6-8-17-35)45(56)39-29-37(50-28-13-5-3-10-19-43(50)54)24-25-41(39)51(44(45)55)30-34-20-22-36(23-21-34)49-27-12-4-2-9-18-42(49)53/h6-8,11,15-17,20-25,29,31,33,38,52,56H,2-5,9-10,12-14,18-19,26-28,30,32H2,1H3/b15-11+/t33-,38?,45+/m0/s1. The Bertz CT molecular complexity index is 2010. The fourth-order valence-corrected chi connectivity index (χ4v) is 8.37. The minimum absolute atomic E-state index is 0.0614. The maximum Gasteiger partial charge on any atom is 0.264 e. The van der Waals surface area contributed by atoms with Gasteiger partial charge in [0.25, 0.3) is 5.91 Å². The number of aromatic nitrogens is 3. The number of carbonyl (C=O) groups excluding carboxylic acids is 3. The van der Waals surface area contributed by atoms with Gasteiger partial charge in [0, 0.05) is 61.5 Å². The van der Waals surface area contributed by atoms with Crippen molar-refractivity contribution >= 4 is 34.8 Å². The summed E-state index contributed by atoms with van der Waals surface area (Å²) >= 11 is 0. The first-order valence-corrected chi connectivity index (χ1v) is 20.4. The summed E-state index contributed by atoms with van der Waals surface area (Å²) in [6.07, 6.45) is 15.2. The number of amides is 3. The number of hydrogen-bond donors (Lipinski definition) is 2. The van der Waals surface area contributed by atoms with Crippen molar-refractivity contribution in [2.75, 3.05) is 34.4 Å². The van der Waals surface area contributed by atoms with E-state index in [9.17, 15) is 24.6 Å². The van der Waals surface area contributed by atoms with Crippen LogP contribution in [0.25, 0.3) is 0 Å². The molecule has 3 aromatic carbocycles. The van der Waals surface area contributed by atoms with E-state index in [-0.39, 0.29) is 30.9 Å². The smallest absolute Gasteiger partial charge is 0.264 e. The number of aliphatic hydroxyl groups excluding tert-OH is 1. The van der Waals surface area contributed by atoms with Crippen molar-refractivity contribution in [3.05, 3.63) is 114 Å². The molecule has 0 bridgehead atoms. The fourth-order valence-electron chi connectivity index (χ4n) is 8.37. The van der Waals surface area contributed by atoms with E-state index >= 15 is 0 Å². The van der Waals surface area contributed by atoms with Gasteiger partial charge in [0.15, 0.2) is 5.60 Å². The van der Waals surface area contributed by atoms with Crippen molar-refractivity contribution in [3.63, 3.8) is 0 Å². The summed E-state index contributed by atoms with van der Waals surface area (Å²) in [5, 5.41) is 31.3. The highest BCUT2D eigenvalue weighted by molar-refractivity contribution is 6.08. The first-order valence-electron chi connectivity index (χ1n) is 20.4. The predicted octanol–water partition coefficient (Wildman–Crippen LogP) is 7.01. The zero-order valence-electron chi connectivity index (χ0n) is 32.4. The fraction of sp³-hybridized carbons (Fsp3) is 0.444. The number of aliphatic hydroxyl groups is 2. The van der Waals surface area contributed by atoms with E-state index in [1.54, 1.807) is 9.58 Å². The van der Waals surface area contributed by atoms with Crippen LogP contribution in [0.5, 0.6) is 0 Å². The van der Waals surface area contributed by atoms with E-state index in [1.807, 2.05) is 108 Å². The van der Waals surface area contributed by atoms with Crippen LogP contribution in [0.15, 0.2) is 91.1 Å². The summed E-state index contributed by atoms with van der Waals surface area (Å²) in [5.41, 5.74) is 3.34. The summed E-state index contributed by atoms with van der Waals surface area (Å²) in [5.74, 6) is -1.07. The van der Waals surface area contributed by atoms with Crippen LogP contribution in [0.3, 0.4) is 0 Å². The maximum atomic E-state index is 14.5. The summed E-state index contributed by atoms with van der Waals surface area (Å²) in [4.78, 5) is 46.0. The third-order valence-corrected chi connectivity index (χ3v) is 11.7. The lowest BCUT2D eigenvalue weighted by Crippen LogP contribution is -2.44. The molecule has 56 heavy (non-hydrogen) atoms. The topological polar surface area (TPSA) is 132 Å². The molecule has 3 aliphatic heterocycles.